The molecule has 0 N–H and O–H groups in total. The molecule has 5 rings (SSSR count). The summed E-state index contributed by atoms with van der Waals surface area (Å²) in [6.45, 7) is 5.82. The van der Waals surface area contributed by atoms with E-state index in [0.29, 0.717) is 36.9 Å². The van der Waals surface area contributed by atoms with Crippen LogP contribution < -0.4 is 4.90 Å². The van der Waals surface area contributed by atoms with Crippen LogP contribution in [-0.2, 0) is 10.0 Å². The number of fused-ring (bicyclic) bond motifs is 1. The van der Waals surface area contributed by atoms with Crippen molar-refractivity contribution in [1.29, 1.82) is 0 Å². The van der Waals surface area contributed by atoms with Crippen molar-refractivity contribution >= 4 is 26.7 Å². The van der Waals surface area contributed by atoms with Crippen LogP contribution in [-0.4, -0.2) is 53.9 Å². The van der Waals surface area contributed by atoms with Crippen molar-refractivity contribution in [3.05, 3.63) is 78.1 Å². The Hall–Kier alpha value is -3.36. The van der Waals surface area contributed by atoms with Gasteiger partial charge in [-0.1, -0.05) is 18.2 Å². The van der Waals surface area contributed by atoms with Crippen LogP contribution in [0.1, 0.15) is 11.1 Å². The molecule has 1 aliphatic rings. The highest BCUT2D eigenvalue weighted by atomic mass is 32.2. The van der Waals surface area contributed by atoms with Crippen molar-refractivity contribution in [3.8, 4) is 11.4 Å². The molecule has 1 fully saturated rings. The lowest BCUT2D eigenvalue weighted by molar-refractivity contribution is 0.384. The molecular formula is C25H25N5O2S. The Kier molecular flexibility index (Phi) is 5.55. The zero-order valence-corrected chi connectivity index (χ0v) is 19.5. The van der Waals surface area contributed by atoms with Crippen LogP contribution in [0.2, 0.25) is 0 Å². The van der Waals surface area contributed by atoms with E-state index >= 15 is 0 Å². The fourth-order valence-electron chi connectivity index (χ4n) is 4.09. The number of sulfonamides is 1. The second-order valence-electron chi connectivity index (χ2n) is 8.27. The third-order valence-corrected chi connectivity index (χ3v) is 8.05. The number of hydrogen-bond acceptors (Lipinski definition) is 6. The van der Waals surface area contributed by atoms with Crippen LogP contribution in [0.5, 0.6) is 0 Å². The SMILES string of the molecule is Cc1ccc(S(=O)(=O)N2CCN(c3nc(-c4cccnc4)nc4ccccc34)CC2)cc1C. The molecule has 33 heavy (non-hydrogen) atoms. The molecule has 0 spiro atoms. The lowest BCUT2D eigenvalue weighted by Crippen LogP contribution is -2.49. The molecule has 0 bridgehead atoms. The molecule has 1 aliphatic heterocycles. The third-order valence-electron chi connectivity index (χ3n) is 6.16. The first kappa shape index (κ1) is 21.5. The second kappa shape index (κ2) is 8.53. The van der Waals surface area contributed by atoms with Crippen molar-refractivity contribution in [1.82, 2.24) is 19.3 Å². The van der Waals surface area contributed by atoms with E-state index in [2.05, 4.69) is 9.88 Å². The van der Waals surface area contributed by atoms with Crippen molar-refractivity contribution in [2.45, 2.75) is 18.7 Å². The van der Waals surface area contributed by atoms with Crippen molar-refractivity contribution in [3.63, 3.8) is 0 Å². The van der Waals surface area contributed by atoms with E-state index < -0.39 is 10.0 Å². The molecule has 8 heteroatoms. The predicted molar refractivity (Wildman–Crippen MR) is 130 cm³/mol. The van der Waals surface area contributed by atoms with Gasteiger partial charge in [0.1, 0.15) is 5.82 Å². The van der Waals surface area contributed by atoms with Gasteiger partial charge >= 0.3 is 0 Å². The average molecular weight is 460 g/mol. The Morgan fingerprint density at radius 2 is 1.64 bits per heavy atom. The third kappa shape index (κ3) is 4.07. The van der Waals surface area contributed by atoms with Crippen LogP contribution in [0.15, 0.2) is 71.9 Å². The molecule has 2 aromatic heterocycles. The van der Waals surface area contributed by atoms with E-state index in [1.165, 1.54) is 0 Å². The Labute approximate surface area is 193 Å². The number of piperazine rings is 1. The van der Waals surface area contributed by atoms with Crippen LogP contribution in [0.25, 0.3) is 22.3 Å². The summed E-state index contributed by atoms with van der Waals surface area (Å²) >= 11 is 0. The standard InChI is InChI=1S/C25H25N5O2S/c1-18-9-10-21(16-19(18)2)33(31,32)30-14-12-29(13-15-30)25-22-7-3-4-8-23(22)27-24(28-25)20-6-5-11-26-17-20/h3-11,16-17H,12-15H2,1-2H3. The molecule has 7 nitrogen and oxygen atoms in total. The minimum absolute atomic E-state index is 0.352. The molecule has 4 aromatic rings. The van der Waals surface area contributed by atoms with E-state index in [-0.39, 0.29) is 0 Å². The Morgan fingerprint density at radius 3 is 2.36 bits per heavy atom. The largest absolute Gasteiger partial charge is 0.353 e. The topological polar surface area (TPSA) is 79.3 Å². The zero-order valence-electron chi connectivity index (χ0n) is 18.6. The summed E-state index contributed by atoms with van der Waals surface area (Å²) in [5, 5.41) is 0.954. The lowest BCUT2D eigenvalue weighted by atomic mass is 10.1. The van der Waals surface area contributed by atoms with Gasteiger partial charge in [-0.05, 0) is 61.4 Å². The summed E-state index contributed by atoms with van der Waals surface area (Å²) in [4.78, 5) is 16.3. The first-order valence-electron chi connectivity index (χ1n) is 10.9. The normalized spacial score (nSPS) is 15.2. The fraction of sp³-hybridized carbons (Fsp3) is 0.240. The molecular weight excluding hydrogens is 434 g/mol. The highest BCUT2D eigenvalue weighted by Crippen LogP contribution is 2.29. The monoisotopic (exact) mass is 459 g/mol. The number of aromatic nitrogens is 3. The van der Waals surface area contributed by atoms with Gasteiger partial charge in [0.2, 0.25) is 10.0 Å². The summed E-state index contributed by atoms with van der Waals surface area (Å²) in [6, 6.07) is 17.0. The van der Waals surface area contributed by atoms with Crippen LogP contribution in [0.4, 0.5) is 5.82 Å². The zero-order chi connectivity index (χ0) is 23.0. The molecule has 3 heterocycles. The van der Waals surface area contributed by atoms with Crippen molar-refractivity contribution in [2.24, 2.45) is 0 Å². The molecule has 0 saturated carbocycles. The maximum Gasteiger partial charge on any atom is 0.243 e. The number of pyridine rings is 1. The smallest absolute Gasteiger partial charge is 0.243 e. The molecule has 0 aliphatic carbocycles. The van der Waals surface area contributed by atoms with Gasteiger partial charge in [-0.15, -0.1) is 0 Å². The lowest BCUT2D eigenvalue weighted by Gasteiger charge is -2.35. The number of anilines is 1. The number of benzene rings is 2. The Balaban J connectivity index is 1.44. The quantitative estimate of drug-likeness (QED) is 0.462. The van der Waals surface area contributed by atoms with Crippen LogP contribution >= 0.6 is 0 Å². The number of hydrogen-bond donors (Lipinski definition) is 0. The number of rotatable bonds is 4. The maximum atomic E-state index is 13.2. The molecule has 2 aromatic carbocycles. The molecule has 0 radical (unpaired) electrons. The first-order chi connectivity index (χ1) is 15.9. The first-order valence-corrected chi connectivity index (χ1v) is 12.4. The average Bonchev–Trinajstić information content (AvgIpc) is 2.85. The van der Waals surface area contributed by atoms with Gasteiger partial charge in [0, 0.05) is 49.5 Å². The Bertz CT molecular complexity index is 1420. The van der Waals surface area contributed by atoms with Gasteiger partial charge in [0.05, 0.1) is 10.4 Å². The maximum absolute atomic E-state index is 13.2. The van der Waals surface area contributed by atoms with Crippen molar-refractivity contribution < 1.29 is 8.42 Å². The van der Waals surface area contributed by atoms with E-state index in [1.807, 2.05) is 56.3 Å². The summed E-state index contributed by atoms with van der Waals surface area (Å²) in [5.41, 5.74) is 3.76. The van der Waals surface area contributed by atoms with Gasteiger partial charge in [0.15, 0.2) is 5.82 Å². The molecule has 168 valence electrons. The second-order valence-corrected chi connectivity index (χ2v) is 10.2. The number of aryl methyl sites for hydroxylation is 2. The summed E-state index contributed by atoms with van der Waals surface area (Å²) in [5.74, 6) is 1.43. The number of para-hydroxylation sites is 1. The molecule has 0 amide bonds. The molecule has 1 saturated heterocycles. The highest BCUT2D eigenvalue weighted by Gasteiger charge is 2.30. The van der Waals surface area contributed by atoms with Crippen molar-refractivity contribution in [2.75, 3.05) is 31.1 Å². The van der Waals surface area contributed by atoms with E-state index in [1.54, 1.807) is 28.8 Å². The van der Waals surface area contributed by atoms with Crippen LogP contribution in [0.3, 0.4) is 0 Å². The van der Waals surface area contributed by atoms with Gasteiger partial charge in [-0.2, -0.15) is 4.31 Å². The van der Waals surface area contributed by atoms with Gasteiger partial charge < -0.3 is 4.90 Å². The van der Waals surface area contributed by atoms with Gasteiger partial charge in [0.25, 0.3) is 0 Å². The van der Waals surface area contributed by atoms with E-state index in [4.69, 9.17) is 9.97 Å². The van der Waals surface area contributed by atoms with Crippen LogP contribution in [0, 0.1) is 13.8 Å². The summed E-state index contributed by atoms with van der Waals surface area (Å²) in [6.07, 6.45) is 3.47. The summed E-state index contributed by atoms with van der Waals surface area (Å²) in [7, 11) is -3.53. The minimum atomic E-state index is -3.53. The minimum Gasteiger partial charge on any atom is -0.353 e. The predicted octanol–water partition coefficient (Wildman–Crippen LogP) is 3.82. The van der Waals surface area contributed by atoms with E-state index in [0.717, 1.165) is 33.4 Å². The Morgan fingerprint density at radius 1 is 0.848 bits per heavy atom. The van der Waals surface area contributed by atoms with Gasteiger partial charge in [-0.25, -0.2) is 18.4 Å². The highest BCUT2D eigenvalue weighted by molar-refractivity contribution is 7.89. The fourth-order valence-corrected chi connectivity index (χ4v) is 5.60. The molecule has 0 atom stereocenters. The summed E-state index contributed by atoms with van der Waals surface area (Å²) < 4.78 is 28.0. The van der Waals surface area contributed by atoms with Gasteiger partial charge in [-0.3, -0.25) is 4.98 Å². The van der Waals surface area contributed by atoms with E-state index in [9.17, 15) is 8.42 Å². The number of nitrogens with zero attached hydrogens (tertiary/aromatic N) is 5. The molecule has 0 unspecified atom stereocenters.